The summed E-state index contributed by atoms with van der Waals surface area (Å²) in [4.78, 5) is 4.82. The summed E-state index contributed by atoms with van der Waals surface area (Å²) in [5.41, 5.74) is 15.4. The summed E-state index contributed by atoms with van der Waals surface area (Å²) < 4.78 is 28.0. The molecule has 11 rings (SSSR count). The Kier molecular flexibility index (Phi) is 12.7. The van der Waals surface area contributed by atoms with E-state index in [1.54, 1.807) is 6.07 Å². The molecule has 2 aromatic heterocycles. The molecule has 0 N–H and O–H groups in total. The molecule has 0 aliphatic carbocycles. The van der Waals surface area contributed by atoms with Crippen LogP contribution in [0.3, 0.4) is 0 Å². The van der Waals surface area contributed by atoms with Gasteiger partial charge in [-0.3, -0.25) is 0 Å². The molecule has 10 aromatic rings. The summed E-state index contributed by atoms with van der Waals surface area (Å²) in [6, 6.07) is 71.5. The van der Waals surface area contributed by atoms with Gasteiger partial charge in [-0.05, 0) is 102 Å². The van der Waals surface area contributed by atoms with Gasteiger partial charge in [0.15, 0.2) is 0 Å². The third-order valence-corrected chi connectivity index (χ3v) is 13.8. The average molecular weight is 1140 g/mol. The summed E-state index contributed by atoms with van der Waals surface area (Å²) in [5.74, 6) is 1.42. The Labute approximate surface area is 442 Å². The maximum atomic E-state index is 14.9. The van der Waals surface area contributed by atoms with Gasteiger partial charge in [0.25, 0.3) is 5.69 Å². The van der Waals surface area contributed by atoms with Crippen LogP contribution in [-0.2, 0) is 37.3 Å². The maximum absolute atomic E-state index is 14.9. The predicted molar refractivity (Wildman–Crippen MR) is 296 cm³/mol. The number of nitrogens with zero attached hydrogens (tertiary/aromatic N) is 4. The molecule has 8 aromatic carbocycles. The molecule has 7 heteroatoms. The Hall–Kier alpha value is -7.49. The Morgan fingerprint density at radius 1 is 0.534 bits per heavy atom. The van der Waals surface area contributed by atoms with Crippen molar-refractivity contribution in [1.29, 1.82) is 0 Å². The van der Waals surface area contributed by atoms with E-state index in [9.17, 15) is 4.39 Å². The van der Waals surface area contributed by atoms with Crippen molar-refractivity contribution < 1.29 is 30.2 Å². The topological polar surface area (TPSA) is 33.1 Å². The van der Waals surface area contributed by atoms with Crippen LogP contribution in [0.4, 0.5) is 27.1 Å². The van der Waals surface area contributed by atoms with Crippen LogP contribution in [0.25, 0.3) is 61.0 Å². The molecule has 73 heavy (non-hydrogen) atoms. The van der Waals surface area contributed by atoms with E-state index in [1.165, 1.54) is 17.2 Å². The fourth-order valence-electron chi connectivity index (χ4n) is 9.83. The van der Waals surface area contributed by atoms with Crippen molar-refractivity contribution in [3.8, 4) is 50.7 Å². The molecule has 0 saturated heterocycles. The van der Waals surface area contributed by atoms with Crippen LogP contribution in [0.2, 0.25) is 0 Å². The van der Waals surface area contributed by atoms with Crippen molar-refractivity contribution >= 4 is 50.6 Å². The van der Waals surface area contributed by atoms with Gasteiger partial charge in [0.1, 0.15) is 17.3 Å². The Balaban J connectivity index is 0.00000611. The van der Waals surface area contributed by atoms with Crippen LogP contribution in [0.1, 0.15) is 79.0 Å². The zero-order valence-corrected chi connectivity index (χ0v) is 45.0. The molecule has 0 atom stereocenters. The zero-order chi connectivity index (χ0) is 50.1. The molecule has 1 aliphatic heterocycles. The number of benzene rings is 8. The number of rotatable bonds is 8. The minimum Gasteiger partial charge on any atom is -0.509 e. The summed E-state index contributed by atoms with van der Waals surface area (Å²) in [6.07, 6.45) is 1.83. The van der Waals surface area contributed by atoms with Crippen molar-refractivity contribution in [2.75, 3.05) is 0 Å². The van der Waals surface area contributed by atoms with Crippen LogP contribution in [0, 0.1) is 17.9 Å². The quantitative estimate of drug-likeness (QED) is 0.112. The molecule has 0 amide bonds. The maximum Gasteiger partial charge on any atom is 2.00 e. The number of pyridine rings is 1. The van der Waals surface area contributed by atoms with Crippen LogP contribution in [0.15, 0.2) is 182 Å². The number of ether oxygens (including phenoxy) is 1. The first kappa shape index (κ1) is 49.1. The van der Waals surface area contributed by atoms with Gasteiger partial charge in [-0.25, -0.2) is 9.37 Å². The predicted octanol–water partition coefficient (Wildman–Crippen LogP) is 17.5. The van der Waals surface area contributed by atoms with E-state index in [2.05, 4.69) is 211 Å². The first-order valence-corrected chi connectivity index (χ1v) is 24.7. The first-order valence-electron chi connectivity index (χ1n) is 24.7. The zero-order valence-electron chi connectivity index (χ0n) is 42.7. The third kappa shape index (κ3) is 9.31. The van der Waals surface area contributed by atoms with Gasteiger partial charge in [-0.2, -0.15) is 12.1 Å². The van der Waals surface area contributed by atoms with Crippen molar-refractivity contribution in [3.05, 3.63) is 217 Å². The summed E-state index contributed by atoms with van der Waals surface area (Å²) in [6.45, 7) is 20.2. The number of hydrogen-bond acceptors (Lipinski definition) is 2. The van der Waals surface area contributed by atoms with Gasteiger partial charge >= 0.3 is 32.8 Å². The molecular weight excluding hydrogens is 1080 g/mol. The van der Waals surface area contributed by atoms with Crippen molar-refractivity contribution in [2.45, 2.75) is 78.6 Å². The average Bonchev–Trinajstić information content (AvgIpc) is 3.92. The first-order chi connectivity index (χ1) is 34.5. The summed E-state index contributed by atoms with van der Waals surface area (Å²) in [7, 11) is 0. The second-order valence-corrected chi connectivity index (χ2v) is 21.9. The second-order valence-electron chi connectivity index (χ2n) is 21.9. The van der Waals surface area contributed by atoms with E-state index < -0.39 is 0 Å². The number of para-hydroxylation sites is 1. The van der Waals surface area contributed by atoms with Gasteiger partial charge in [0.2, 0.25) is 5.69 Å². The summed E-state index contributed by atoms with van der Waals surface area (Å²) >= 11 is 0. The largest absolute Gasteiger partial charge is 2.00 e. The SMILES string of the molecule is CC(C)(C)c1cc([N+]2=C=[N+](c3[c-]c(Oc4[c-]c5c(cc4)c4cc(F)ccc4n5-c4cc(C(C)(C)C)ccn4)ccc3)c3cccc(-c4c(-c5ccccc5)cccc4-c4ccccc4)c32)cc(C(C)(C)C)c1.[Pt+2]. The Bertz CT molecular complexity index is 3740. The monoisotopic (exact) mass is 1140 g/mol. The van der Waals surface area contributed by atoms with E-state index in [-0.39, 0.29) is 43.1 Å². The molecule has 3 heterocycles. The minimum absolute atomic E-state index is 0. The van der Waals surface area contributed by atoms with Gasteiger partial charge < -0.3 is 9.30 Å². The Morgan fingerprint density at radius 2 is 1.14 bits per heavy atom. The van der Waals surface area contributed by atoms with Gasteiger partial charge in [-0.15, -0.1) is 23.6 Å². The van der Waals surface area contributed by atoms with E-state index in [4.69, 9.17) is 9.72 Å². The molecule has 0 bridgehead atoms. The Morgan fingerprint density at radius 3 is 1.78 bits per heavy atom. The molecule has 0 fully saturated rings. The smallest absolute Gasteiger partial charge is 0.509 e. The van der Waals surface area contributed by atoms with Crippen molar-refractivity contribution in [1.82, 2.24) is 18.7 Å². The van der Waals surface area contributed by atoms with Crippen LogP contribution < -0.4 is 13.9 Å². The molecule has 362 valence electrons. The minimum atomic E-state index is -0.305. The van der Waals surface area contributed by atoms with Crippen LogP contribution in [-0.4, -0.2) is 15.6 Å². The molecular formula is C66H57FN4OPt+2. The molecule has 5 nitrogen and oxygen atoms in total. The van der Waals surface area contributed by atoms with E-state index >= 15 is 0 Å². The van der Waals surface area contributed by atoms with Gasteiger partial charge in [-0.1, -0.05) is 176 Å². The number of halogens is 1. The third-order valence-electron chi connectivity index (χ3n) is 13.8. The van der Waals surface area contributed by atoms with E-state index in [0.29, 0.717) is 11.5 Å². The molecule has 0 spiro atoms. The number of fused-ring (bicyclic) bond motifs is 4. The van der Waals surface area contributed by atoms with Crippen molar-refractivity contribution in [2.24, 2.45) is 0 Å². The molecule has 0 radical (unpaired) electrons. The second kappa shape index (κ2) is 18.8. The number of aromatic nitrogens is 2. The van der Waals surface area contributed by atoms with E-state index in [1.807, 2.05) is 53.2 Å². The normalized spacial score (nSPS) is 12.6. The van der Waals surface area contributed by atoms with Crippen LogP contribution >= 0.6 is 0 Å². The molecule has 0 saturated carbocycles. The molecule has 1 aliphatic rings. The summed E-state index contributed by atoms with van der Waals surface area (Å²) in [5, 5.41) is 1.62. The van der Waals surface area contributed by atoms with Crippen LogP contribution in [0.5, 0.6) is 11.5 Å². The fraction of sp³-hybridized carbons (Fsp3) is 0.182. The fourth-order valence-corrected chi connectivity index (χ4v) is 9.83. The van der Waals surface area contributed by atoms with Gasteiger partial charge in [0, 0.05) is 47.0 Å². The van der Waals surface area contributed by atoms with E-state index in [0.717, 1.165) is 89.3 Å². The standard InChI is InChI=1S/C66H57FN4O.Pt/c1-64(2,3)45-33-34-68-61(38-45)71-58-32-29-48(67)39-57(58)55-31-30-52(41-60(55)71)72-51-24-16-23-49(40-51)69-42-70(50-36-46(65(4,5)6)35-47(37-50)66(7,8)9)63-56(27-18-28-59(63)69)62-53(43-19-12-10-13-20-43)25-17-26-54(62)44-21-14-11-15-22-44;/h10-39H,1-9H3;/q;+2. The molecule has 0 unspecified atom stereocenters. The van der Waals surface area contributed by atoms with Gasteiger partial charge in [0.05, 0.1) is 5.56 Å². The van der Waals surface area contributed by atoms with Crippen molar-refractivity contribution in [3.63, 3.8) is 0 Å². The number of hydrogen-bond donors (Lipinski definition) is 0.